The lowest BCUT2D eigenvalue weighted by molar-refractivity contribution is -0.130. The second-order valence-electron chi connectivity index (χ2n) is 11.9. The van der Waals surface area contributed by atoms with Crippen molar-refractivity contribution in [2.75, 3.05) is 39.6 Å². The van der Waals surface area contributed by atoms with Crippen molar-refractivity contribution in [3.8, 4) is 11.5 Å². The number of nitrogens with zero attached hydrogens (tertiary/aromatic N) is 4. The minimum atomic E-state index is -3.53. The SMILES string of the molecule is CCCCS(=O)(=O)N1CCCNC(=O)Cn2nc(Cc3ccc(OC)c(OC)c3)nc2[C@@H](C)NC(=O)[C@H]([C@@H](C)CC)NC(=O)CCC1. The van der Waals surface area contributed by atoms with Crippen molar-refractivity contribution >= 4 is 27.7 Å². The van der Waals surface area contributed by atoms with Crippen molar-refractivity contribution in [3.05, 3.63) is 35.4 Å². The summed E-state index contributed by atoms with van der Waals surface area (Å²) in [6.45, 7) is 8.01. The molecule has 3 amide bonds. The Morgan fingerprint density at radius 2 is 1.74 bits per heavy atom. The molecule has 3 rings (SSSR count). The van der Waals surface area contributed by atoms with Crippen LogP contribution in [-0.4, -0.2) is 90.9 Å². The van der Waals surface area contributed by atoms with Crippen LogP contribution < -0.4 is 25.4 Å². The van der Waals surface area contributed by atoms with Crippen LogP contribution in [0.5, 0.6) is 11.5 Å². The van der Waals surface area contributed by atoms with Crippen LogP contribution in [0.25, 0.3) is 0 Å². The molecule has 3 N–H and O–H groups in total. The molecule has 1 aliphatic rings. The van der Waals surface area contributed by atoms with Crippen molar-refractivity contribution in [2.24, 2.45) is 5.92 Å². The number of hydrogen-bond acceptors (Lipinski definition) is 9. The first-order valence-electron chi connectivity index (χ1n) is 16.4. The summed E-state index contributed by atoms with van der Waals surface area (Å²) < 4.78 is 39.8. The monoisotopic (exact) mass is 677 g/mol. The van der Waals surface area contributed by atoms with E-state index in [1.807, 2.05) is 32.9 Å². The van der Waals surface area contributed by atoms with Gasteiger partial charge in [0.2, 0.25) is 27.7 Å². The minimum Gasteiger partial charge on any atom is -0.493 e. The Hall–Kier alpha value is -3.72. The van der Waals surface area contributed by atoms with Crippen LogP contribution in [-0.2, 0) is 37.4 Å². The molecular formula is C32H51N7O7S. The topological polar surface area (TPSA) is 174 Å². The number of methoxy groups -OCH3 is 2. The first-order chi connectivity index (χ1) is 22.4. The van der Waals surface area contributed by atoms with Crippen LogP contribution in [0.2, 0.25) is 0 Å². The molecule has 3 atom stereocenters. The normalized spacial score (nSPS) is 20.2. The molecular weight excluding hydrogens is 626 g/mol. The first kappa shape index (κ1) is 37.7. The van der Waals surface area contributed by atoms with Gasteiger partial charge in [-0.2, -0.15) is 5.10 Å². The maximum Gasteiger partial charge on any atom is 0.243 e. The molecule has 1 aliphatic heterocycles. The molecule has 0 bridgehead atoms. The molecule has 0 fully saturated rings. The van der Waals surface area contributed by atoms with E-state index in [4.69, 9.17) is 14.5 Å². The fraction of sp³-hybridized carbons (Fsp3) is 0.656. The number of ether oxygens (including phenoxy) is 2. The predicted octanol–water partition coefficient (Wildman–Crippen LogP) is 2.33. The van der Waals surface area contributed by atoms with Crippen LogP contribution in [0.4, 0.5) is 0 Å². The summed E-state index contributed by atoms with van der Waals surface area (Å²) in [5.74, 6) is 0.789. The number of benzene rings is 1. The molecule has 0 radical (unpaired) electrons. The summed E-state index contributed by atoms with van der Waals surface area (Å²) in [6, 6.07) is 4.04. The molecule has 0 aliphatic carbocycles. The fourth-order valence-corrected chi connectivity index (χ4v) is 7.07. The van der Waals surface area contributed by atoms with E-state index < -0.39 is 22.1 Å². The first-order valence-corrected chi connectivity index (χ1v) is 18.0. The maximum absolute atomic E-state index is 13.6. The van der Waals surface area contributed by atoms with E-state index >= 15 is 0 Å². The van der Waals surface area contributed by atoms with Crippen molar-refractivity contribution in [1.29, 1.82) is 0 Å². The van der Waals surface area contributed by atoms with E-state index in [2.05, 4.69) is 21.0 Å². The molecule has 1 aromatic heterocycles. The van der Waals surface area contributed by atoms with Gasteiger partial charge in [-0.05, 0) is 49.8 Å². The summed E-state index contributed by atoms with van der Waals surface area (Å²) in [6.07, 6.45) is 3.03. The van der Waals surface area contributed by atoms with Crippen LogP contribution >= 0.6 is 0 Å². The van der Waals surface area contributed by atoms with Gasteiger partial charge in [-0.15, -0.1) is 0 Å². The van der Waals surface area contributed by atoms with Crippen LogP contribution in [0.1, 0.15) is 89.5 Å². The molecule has 1 aromatic carbocycles. The summed E-state index contributed by atoms with van der Waals surface area (Å²) in [5.41, 5.74) is 0.857. The lowest BCUT2D eigenvalue weighted by Crippen LogP contribution is -2.51. The second kappa shape index (κ2) is 18.0. The van der Waals surface area contributed by atoms with Gasteiger partial charge in [0.1, 0.15) is 18.4 Å². The molecule has 2 heterocycles. The number of aromatic nitrogens is 3. The molecule has 0 saturated heterocycles. The third-order valence-electron chi connectivity index (χ3n) is 8.27. The van der Waals surface area contributed by atoms with Crippen LogP contribution in [0.15, 0.2) is 18.2 Å². The Balaban J connectivity index is 1.92. The third-order valence-corrected chi connectivity index (χ3v) is 10.2. The number of sulfonamides is 1. The van der Waals surface area contributed by atoms with Gasteiger partial charge in [0.05, 0.1) is 26.0 Å². The van der Waals surface area contributed by atoms with Crippen LogP contribution in [0, 0.1) is 5.92 Å². The zero-order valence-electron chi connectivity index (χ0n) is 28.5. The quantitative estimate of drug-likeness (QED) is 0.341. The van der Waals surface area contributed by atoms with Gasteiger partial charge in [0.15, 0.2) is 17.3 Å². The average Bonchev–Trinajstić information content (AvgIpc) is 3.44. The average molecular weight is 678 g/mol. The van der Waals surface area contributed by atoms with Gasteiger partial charge in [0.25, 0.3) is 0 Å². The van der Waals surface area contributed by atoms with E-state index in [0.717, 1.165) is 12.0 Å². The standard InChI is InChI=1S/C32H51N7O7S/c1-7-9-18-47(43,44)38-16-10-12-28(40)36-30(22(3)8-2)32(42)34-23(4)31-35-27(37-39(31)21-29(41)33-15-11-17-38)20-24-13-14-25(45-5)26(19-24)46-6/h13-14,19,22-23,30H,7-12,15-18,20-21H2,1-6H3,(H,33,41)(H,34,42)(H,36,40)/t22-,23+,30-/m0/s1. The molecule has 262 valence electrons. The lowest BCUT2D eigenvalue weighted by Gasteiger charge is -2.26. The van der Waals surface area contributed by atoms with E-state index in [9.17, 15) is 22.8 Å². The maximum atomic E-state index is 13.6. The van der Waals surface area contributed by atoms with E-state index in [-0.39, 0.29) is 62.0 Å². The van der Waals surface area contributed by atoms with Crippen molar-refractivity contribution in [3.63, 3.8) is 0 Å². The zero-order chi connectivity index (χ0) is 34.6. The number of nitrogens with one attached hydrogen (secondary N) is 3. The number of amides is 3. The lowest BCUT2D eigenvalue weighted by atomic mass is 9.97. The number of hydrogen-bond donors (Lipinski definition) is 3. The Labute approximate surface area is 278 Å². The molecule has 0 saturated carbocycles. The second-order valence-corrected chi connectivity index (χ2v) is 14.0. The van der Waals surface area contributed by atoms with Crippen LogP contribution in [0.3, 0.4) is 0 Å². The van der Waals surface area contributed by atoms with Gasteiger partial charge in [-0.25, -0.2) is 22.4 Å². The van der Waals surface area contributed by atoms with E-state index in [1.165, 1.54) is 8.99 Å². The summed E-state index contributed by atoms with van der Waals surface area (Å²) in [5, 5.41) is 13.3. The number of fused-ring (bicyclic) bond motifs is 1. The largest absolute Gasteiger partial charge is 0.493 e. The highest BCUT2D eigenvalue weighted by molar-refractivity contribution is 7.89. The highest BCUT2D eigenvalue weighted by Gasteiger charge is 2.29. The fourth-order valence-electron chi connectivity index (χ4n) is 5.34. The molecule has 0 unspecified atom stereocenters. The molecule has 14 nitrogen and oxygen atoms in total. The molecule has 15 heteroatoms. The molecule has 0 spiro atoms. The highest BCUT2D eigenvalue weighted by atomic mass is 32.2. The van der Waals surface area contributed by atoms with Crippen molar-refractivity contribution in [2.45, 2.75) is 91.3 Å². The van der Waals surface area contributed by atoms with Gasteiger partial charge >= 0.3 is 0 Å². The number of rotatable bonds is 10. The van der Waals surface area contributed by atoms with Crippen molar-refractivity contribution in [1.82, 2.24) is 35.0 Å². The number of carbonyl (C=O) groups excluding carboxylic acids is 3. The Morgan fingerprint density at radius 3 is 2.43 bits per heavy atom. The number of carbonyl (C=O) groups is 3. The predicted molar refractivity (Wildman–Crippen MR) is 177 cm³/mol. The van der Waals surface area contributed by atoms with E-state index in [1.54, 1.807) is 27.2 Å². The van der Waals surface area contributed by atoms with Gasteiger partial charge in [-0.1, -0.05) is 39.7 Å². The Morgan fingerprint density at radius 1 is 1.02 bits per heavy atom. The van der Waals surface area contributed by atoms with E-state index in [0.29, 0.717) is 55.3 Å². The molecule has 2 aromatic rings. The van der Waals surface area contributed by atoms with Gasteiger partial charge in [0, 0.05) is 32.5 Å². The Bertz CT molecular complexity index is 1460. The van der Waals surface area contributed by atoms with Gasteiger partial charge in [-0.3, -0.25) is 14.4 Å². The third kappa shape index (κ3) is 10.9. The highest BCUT2D eigenvalue weighted by Crippen LogP contribution is 2.28. The number of unbranched alkanes of at least 4 members (excludes halogenated alkanes) is 1. The Kier molecular flexibility index (Phi) is 14.4. The minimum absolute atomic E-state index is 0.0250. The summed E-state index contributed by atoms with van der Waals surface area (Å²) >= 11 is 0. The van der Waals surface area contributed by atoms with Crippen molar-refractivity contribution < 1.29 is 32.3 Å². The molecule has 47 heavy (non-hydrogen) atoms. The summed E-state index contributed by atoms with van der Waals surface area (Å²) in [4.78, 5) is 44.4. The smallest absolute Gasteiger partial charge is 0.243 e. The zero-order valence-corrected chi connectivity index (χ0v) is 29.3. The van der Waals surface area contributed by atoms with Gasteiger partial charge < -0.3 is 25.4 Å². The summed E-state index contributed by atoms with van der Waals surface area (Å²) in [7, 11) is -0.419.